The molecule has 0 aromatic carbocycles. The molecule has 0 aliphatic heterocycles. The summed E-state index contributed by atoms with van der Waals surface area (Å²) >= 11 is 0. The van der Waals surface area contributed by atoms with Gasteiger partial charge < -0.3 is 5.11 Å². The summed E-state index contributed by atoms with van der Waals surface area (Å²) in [5.74, 6) is 2.89. The van der Waals surface area contributed by atoms with Gasteiger partial charge in [-0.1, -0.05) is 6.92 Å². The van der Waals surface area contributed by atoms with E-state index in [1.54, 1.807) is 0 Å². The van der Waals surface area contributed by atoms with Gasteiger partial charge in [-0.15, -0.1) is 12.3 Å². The van der Waals surface area contributed by atoms with Crippen molar-refractivity contribution in [1.82, 2.24) is 0 Å². The van der Waals surface area contributed by atoms with Crippen LogP contribution >= 0.6 is 0 Å². The maximum absolute atomic E-state index is 8.49. The Bertz CT molecular complexity index is 80.9. The molecule has 0 aliphatic rings. The number of hydrogen-bond donors (Lipinski definition) is 1. The predicted octanol–water partition coefficient (Wildman–Crippen LogP) is 1.03. The first kappa shape index (κ1) is 7.52. The van der Waals surface area contributed by atoms with E-state index >= 15 is 0 Å². The molecular weight excluding hydrogens is 100 g/mol. The Morgan fingerprint density at radius 2 is 2.38 bits per heavy atom. The standard InChI is InChI=1S/C7H12O/c1-3-4-5-7(2)6-8/h1,7-8H,4-6H2,2H3/t7-/m1/s1. The molecule has 0 bridgehead atoms. The van der Waals surface area contributed by atoms with E-state index in [2.05, 4.69) is 5.92 Å². The number of aliphatic hydroxyl groups is 1. The zero-order chi connectivity index (χ0) is 6.41. The van der Waals surface area contributed by atoms with Crippen LogP contribution in [0, 0.1) is 18.3 Å². The average molecular weight is 112 g/mol. The second kappa shape index (κ2) is 4.67. The van der Waals surface area contributed by atoms with Crippen LogP contribution in [0.15, 0.2) is 0 Å². The molecule has 1 N–H and O–H groups in total. The highest BCUT2D eigenvalue weighted by molar-refractivity contribution is 4.83. The fourth-order valence-corrected chi connectivity index (χ4v) is 0.421. The van der Waals surface area contributed by atoms with Crippen molar-refractivity contribution in [2.45, 2.75) is 19.8 Å². The number of terminal acetylenes is 1. The van der Waals surface area contributed by atoms with Crippen molar-refractivity contribution >= 4 is 0 Å². The molecule has 1 nitrogen and oxygen atoms in total. The largest absolute Gasteiger partial charge is 0.396 e. The predicted molar refractivity (Wildman–Crippen MR) is 34.3 cm³/mol. The summed E-state index contributed by atoms with van der Waals surface area (Å²) in [6, 6.07) is 0. The monoisotopic (exact) mass is 112 g/mol. The molecule has 0 aromatic rings. The van der Waals surface area contributed by atoms with Crippen LogP contribution < -0.4 is 0 Å². The molecule has 0 saturated heterocycles. The summed E-state index contributed by atoms with van der Waals surface area (Å²) in [4.78, 5) is 0. The summed E-state index contributed by atoms with van der Waals surface area (Å²) in [6.07, 6.45) is 6.72. The molecule has 0 unspecified atom stereocenters. The van der Waals surface area contributed by atoms with Crippen molar-refractivity contribution in [2.24, 2.45) is 5.92 Å². The molecule has 0 amide bonds. The van der Waals surface area contributed by atoms with E-state index in [0.717, 1.165) is 12.8 Å². The SMILES string of the molecule is C#CCC[C@@H](C)CO. The third kappa shape index (κ3) is 3.70. The molecule has 0 radical (unpaired) electrons. The molecular formula is C7H12O. The normalized spacial score (nSPS) is 12.6. The fourth-order valence-electron chi connectivity index (χ4n) is 0.421. The highest BCUT2D eigenvalue weighted by Crippen LogP contribution is 2.01. The lowest BCUT2D eigenvalue weighted by Crippen LogP contribution is -1.98. The van der Waals surface area contributed by atoms with Crippen molar-refractivity contribution in [2.75, 3.05) is 6.61 Å². The average Bonchev–Trinajstić information content (AvgIpc) is 1.83. The Hall–Kier alpha value is -0.480. The minimum Gasteiger partial charge on any atom is -0.396 e. The van der Waals surface area contributed by atoms with Gasteiger partial charge in [0.15, 0.2) is 0 Å². The van der Waals surface area contributed by atoms with E-state index in [1.165, 1.54) is 0 Å². The Morgan fingerprint density at radius 1 is 1.75 bits per heavy atom. The molecule has 0 saturated carbocycles. The third-order valence-corrected chi connectivity index (χ3v) is 1.09. The zero-order valence-electron chi connectivity index (χ0n) is 5.22. The molecule has 0 heterocycles. The lowest BCUT2D eigenvalue weighted by molar-refractivity contribution is 0.231. The summed E-state index contributed by atoms with van der Waals surface area (Å²) in [7, 11) is 0. The smallest absolute Gasteiger partial charge is 0.0456 e. The molecule has 0 spiro atoms. The van der Waals surface area contributed by atoms with Gasteiger partial charge in [0.1, 0.15) is 0 Å². The zero-order valence-corrected chi connectivity index (χ0v) is 5.22. The second-order valence-corrected chi connectivity index (χ2v) is 2.03. The summed E-state index contributed by atoms with van der Waals surface area (Å²) in [5.41, 5.74) is 0. The molecule has 1 heteroatoms. The number of rotatable bonds is 3. The molecule has 1 atom stereocenters. The van der Waals surface area contributed by atoms with Gasteiger partial charge in [0.2, 0.25) is 0 Å². The van der Waals surface area contributed by atoms with E-state index in [0.29, 0.717) is 5.92 Å². The minimum atomic E-state index is 0.252. The van der Waals surface area contributed by atoms with Crippen LogP contribution in [0.5, 0.6) is 0 Å². The van der Waals surface area contributed by atoms with Crippen LogP contribution in [-0.4, -0.2) is 11.7 Å². The van der Waals surface area contributed by atoms with Crippen LogP contribution in [0.4, 0.5) is 0 Å². The van der Waals surface area contributed by atoms with Crippen molar-refractivity contribution in [3.63, 3.8) is 0 Å². The number of hydrogen-bond acceptors (Lipinski definition) is 1. The van der Waals surface area contributed by atoms with Crippen LogP contribution in [0.25, 0.3) is 0 Å². The van der Waals surface area contributed by atoms with E-state index in [-0.39, 0.29) is 6.61 Å². The highest BCUT2D eigenvalue weighted by Gasteiger charge is 1.95. The first-order chi connectivity index (χ1) is 3.81. The molecule has 0 aliphatic carbocycles. The molecule has 0 rings (SSSR count). The highest BCUT2D eigenvalue weighted by atomic mass is 16.3. The van der Waals surface area contributed by atoms with E-state index in [9.17, 15) is 0 Å². The molecule has 8 heavy (non-hydrogen) atoms. The molecule has 46 valence electrons. The lowest BCUT2D eigenvalue weighted by atomic mass is 10.1. The maximum Gasteiger partial charge on any atom is 0.0456 e. The Morgan fingerprint density at radius 3 is 2.75 bits per heavy atom. The van der Waals surface area contributed by atoms with Crippen LogP contribution in [0.3, 0.4) is 0 Å². The second-order valence-electron chi connectivity index (χ2n) is 2.03. The van der Waals surface area contributed by atoms with Crippen LogP contribution in [-0.2, 0) is 0 Å². The van der Waals surface area contributed by atoms with E-state index in [1.807, 2.05) is 6.92 Å². The van der Waals surface area contributed by atoms with Crippen molar-refractivity contribution in [3.05, 3.63) is 0 Å². The van der Waals surface area contributed by atoms with Gasteiger partial charge in [0.05, 0.1) is 0 Å². The van der Waals surface area contributed by atoms with Gasteiger partial charge in [-0.25, -0.2) is 0 Å². The van der Waals surface area contributed by atoms with Crippen LogP contribution in [0.1, 0.15) is 19.8 Å². The van der Waals surface area contributed by atoms with Gasteiger partial charge in [-0.2, -0.15) is 0 Å². The fraction of sp³-hybridized carbons (Fsp3) is 0.714. The first-order valence-electron chi connectivity index (χ1n) is 2.85. The van der Waals surface area contributed by atoms with E-state index < -0.39 is 0 Å². The quantitative estimate of drug-likeness (QED) is 0.540. The van der Waals surface area contributed by atoms with Gasteiger partial charge >= 0.3 is 0 Å². The minimum absolute atomic E-state index is 0.252. The van der Waals surface area contributed by atoms with Gasteiger partial charge in [0.25, 0.3) is 0 Å². The van der Waals surface area contributed by atoms with Gasteiger partial charge in [-0.05, 0) is 12.3 Å². The molecule has 0 aromatic heterocycles. The summed E-state index contributed by atoms with van der Waals surface area (Å²) in [6.45, 7) is 2.24. The van der Waals surface area contributed by atoms with Gasteiger partial charge in [-0.3, -0.25) is 0 Å². The Labute approximate surface area is 50.7 Å². The van der Waals surface area contributed by atoms with Crippen LogP contribution in [0.2, 0.25) is 0 Å². The summed E-state index contributed by atoms with van der Waals surface area (Å²) in [5, 5.41) is 8.49. The Balaban J connectivity index is 3.01. The maximum atomic E-state index is 8.49. The third-order valence-electron chi connectivity index (χ3n) is 1.09. The summed E-state index contributed by atoms with van der Waals surface area (Å²) < 4.78 is 0. The lowest BCUT2D eigenvalue weighted by Gasteiger charge is -2.01. The topological polar surface area (TPSA) is 20.2 Å². The molecule has 0 fully saturated rings. The Kier molecular flexibility index (Phi) is 4.39. The number of aliphatic hydroxyl groups excluding tert-OH is 1. The van der Waals surface area contributed by atoms with Crippen molar-refractivity contribution in [1.29, 1.82) is 0 Å². The van der Waals surface area contributed by atoms with Gasteiger partial charge in [0, 0.05) is 13.0 Å². The van der Waals surface area contributed by atoms with E-state index in [4.69, 9.17) is 11.5 Å². The van der Waals surface area contributed by atoms with Crippen molar-refractivity contribution in [3.8, 4) is 12.3 Å². The van der Waals surface area contributed by atoms with Crippen molar-refractivity contribution < 1.29 is 5.11 Å². The first-order valence-corrected chi connectivity index (χ1v) is 2.85.